The van der Waals surface area contributed by atoms with Crippen LogP contribution < -0.4 is 9.65 Å². The zero-order valence-electron chi connectivity index (χ0n) is 75.7. The molecule has 25 rings (SSSR count). The van der Waals surface area contributed by atoms with Crippen LogP contribution in [0.4, 0.5) is 39.5 Å². The minimum atomic E-state index is -7.41. The molecule has 0 saturated carbocycles. The molecule has 140 heavy (non-hydrogen) atoms. The van der Waals surface area contributed by atoms with E-state index in [1.807, 2.05) is 84.9 Å². The number of halogens is 9. The Balaban J connectivity index is 0.000000122. The van der Waals surface area contributed by atoms with Gasteiger partial charge in [-0.3, -0.25) is 0 Å². The lowest BCUT2D eigenvalue weighted by Gasteiger charge is -2.32. The van der Waals surface area contributed by atoms with Crippen LogP contribution >= 0.6 is 0 Å². The maximum absolute atomic E-state index is 14.4. The zero-order valence-corrected chi connectivity index (χ0v) is 76.6. The van der Waals surface area contributed by atoms with E-state index in [1.54, 1.807) is 18.2 Å². The predicted molar refractivity (Wildman–Crippen MR) is 542 cm³/mol. The highest BCUT2D eigenvalue weighted by atomic mass is 32.2. The van der Waals surface area contributed by atoms with Gasteiger partial charge in [0.1, 0.15) is 5.75 Å². The molecule has 0 amide bonds. The maximum Gasteiger partial charge on any atom is 0.494 e. The molecule has 1 fully saturated rings. The first-order valence-corrected chi connectivity index (χ1v) is 47.5. The third-order valence-corrected chi connectivity index (χ3v) is 30.1. The molecule has 0 bridgehead atoms. The lowest BCUT2D eigenvalue weighted by molar-refractivity contribution is -0.382. The van der Waals surface area contributed by atoms with Crippen molar-refractivity contribution in [2.75, 3.05) is 0 Å². The van der Waals surface area contributed by atoms with Crippen molar-refractivity contribution < 1.29 is 61.4 Å². The van der Waals surface area contributed by atoms with Gasteiger partial charge in [-0.1, -0.05) is 358 Å². The summed E-state index contributed by atoms with van der Waals surface area (Å²) in [5.41, 5.74) is 35.6. The van der Waals surface area contributed by atoms with Gasteiger partial charge in [-0.05, 0) is 266 Å². The molecule has 2 aromatic heterocycles. The summed E-state index contributed by atoms with van der Waals surface area (Å²) in [6.45, 7) is 8.32. The molecule has 0 unspecified atom stereocenters. The SMILES string of the molecule is CC1(C)OB(c2ccc(-c3cc(-c4ccccc4)nc4ccccc34)cc2)OC1(C)C.O=S(=O)(Oc1ccc2ccc(-c3ccc4c(c3)C3(c5ccccc5-c5ccccc53)c3ccccc3-4)cc2c1)C(F)(F)C(F)(F)C(F)(F)C(F)(F)F.c1ccc(-c2cc(-c3ccc(-c4ccc5ccc(-c6ccc7c(c6)C6(c8ccccc8-c8ccccc86)c6ccccc6-7)cc5c4)cc3)c3ccccc3n2)cc1. The van der Waals surface area contributed by atoms with Gasteiger partial charge in [0.2, 0.25) is 0 Å². The van der Waals surface area contributed by atoms with Crippen molar-refractivity contribution in [3.8, 4) is 128 Å². The monoisotopic (exact) mass is 1870 g/mol. The Hall–Kier alpha value is -15.6. The van der Waals surface area contributed by atoms with Gasteiger partial charge in [-0.25, -0.2) is 9.97 Å². The van der Waals surface area contributed by atoms with Gasteiger partial charge in [0, 0.05) is 21.9 Å². The summed E-state index contributed by atoms with van der Waals surface area (Å²) in [4.78, 5) is 9.92. The molecule has 0 N–H and O–H groups in total. The quantitative estimate of drug-likeness (QED) is 0.0645. The number of rotatable bonds is 13. The summed E-state index contributed by atoms with van der Waals surface area (Å²) in [5, 5.41) is -1.63. The molecule has 18 aromatic carbocycles. The molecule has 0 atom stereocenters. The second kappa shape index (κ2) is 33.1. The van der Waals surface area contributed by atoms with Gasteiger partial charge in [0.15, 0.2) is 0 Å². The number of benzene rings is 18. The minimum absolute atomic E-state index is 0.163. The first-order valence-electron chi connectivity index (χ1n) is 46.1. The van der Waals surface area contributed by atoms with Crippen molar-refractivity contribution in [3.63, 3.8) is 0 Å². The molecule has 18 heteroatoms. The fraction of sp³-hybridized carbons (Fsp3) is 0.0984. The molecule has 7 nitrogen and oxygen atoms in total. The van der Waals surface area contributed by atoms with Gasteiger partial charge >= 0.3 is 40.5 Å². The highest BCUT2D eigenvalue weighted by molar-refractivity contribution is 7.88. The Bertz CT molecular complexity index is 8410. The minimum Gasteiger partial charge on any atom is -0.399 e. The van der Waals surface area contributed by atoms with Crippen LogP contribution in [0.15, 0.2) is 425 Å². The molecule has 1 aliphatic heterocycles. The normalized spacial score (nSPS) is 14.7. The largest absolute Gasteiger partial charge is 0.494 e. The molecule has 3 heterocycles. The van der Waals surface area contributed by atoms with E-state index in [-0.39, 0.29) is 29.1 Å². The zero-order chi connectivity index (χ0) is 96.2. The number of aromatic nitrogens is 2. The highest BCUT2D eigenvalue weighted by Crippen LogP contribution is 2.66. The number of nitrogens with zero attached hydrogens (tertiary/aromatic N) is 2. The summed E-state index contributed by atoms with van der Waals surface area (Å²) in [6, 6.07) is 146. The van der Waals surface area contributed by atoms with E-state index in [1.165, 1.54) is 100 Å². The van der Waals surface area contributed by atoms with E-state index < -0.39 is 44.6 Å². The number of hydrogen-bond acceptors (Lipinski definition) is 7. The van der Waals surface area contributed by atoms with Crippen molar-refractivity contribution in [2.24, 2.45) is 0 Å². The van der Waals surface area contributed by atoms with Crippen molar-refractivity contribution in [1.82, 2.24) is 9.97 Å². The summed E-state index contributed by atoms with van der Waals surface area (Å²) in [7, 11) is -7.46. The molecule has 20 aromatic rings. The van der Waals surface area contributed by atoms with Gasteiger partial charge in [-0.15, -0.1) is 0 Å². The van der Waals surface area contributed by atoms with Crippen LogP contribution in [0.3, 0.4) is 0 Å². The number of fused-ring (bicyclic) bond motifs is 24. The Morgan fingerprint density at radius 2 is 0.564 bits per heavy atom. The van der Waals surface area contributed by atoms with E-state index in [4.69, 9.17) is 19.3 Å². The van der Waals surface area contributed by atoms with Crippen LogP contribution in [0, 0.1) is 0 Å². The standard InChI is InChI=1S/C56H35N.C39H21F9O3S.C27H26BNO2/c1-2-12-39(13-3-1)55-35-49(48-17-7-11-21-54(48)57-55)38-26-22-36(23-27-38)40-28-24-37-25-29-41(33-43(37)32-40)42-30-31-47-46-16-6-10-20-52(46)56(53(47)34-42)50-18-8-4-14-44(50)45-15-5-9-19-51(45)56;40-36(41,38(44,45)46)37(42,43)39(47,48)52(49,50)51-26-17-15-22-13-14-23(19-25(22)20-26)24-16-18-30-29-9-3-6-12-33(29)35(34(30)21-24)31-10-4-1-7-27(31)28-8-2-5-11-32(28)35;1-26(2)27(3,4)31-28(30-26)21-16-14-19(15-17-21)23-18-25(20-10-6-5-7-11-20)29-24-13-9-8-12-22(23)24/h1-35H;1-21H;5-18H,1-4H3. The Labute approximate surface area is 802 Å². The molecule has 0 radical (unpaired) electrons. The summed E-state index contributed by atoms with van der Waals surface area (Å²) < 4.78 is 162. The van der Waals surface area contributed by atoms with Crippen LogP contribution in [0.2, 0.25) is 0 Å². The van der Waals surface area contributed by atoms with Gasteiger partial charge in [0.05, 0.1) is 44.5 Å². The van der Waals surface area contributed by atoms with E-state index in [2.05, 4.69) is 335 Å². The molecular weight excluding hydrogens is 1790 g/mol. The Morgan fingerprint density at radius 1 is 0.264 bits per heavy atom. The highest BCUT2D eigenvalue weighted by Gasteiger charge is 2.86. The Kier molecular flexibility index (Phi) is 20.9. The van der Waals surface area contributed by atoms with Crippen LogP contribution in [0.1, 0.15) is 72.2 Å². The first-order chi connectivity index (χ1) is 67.5. The molecule has 5 aliphatic rings. The second-order valence-corrected chi connectivity index (χ2v) is 38.7. The third kappa shape index (κ3) is 14.0. The van der Waals surface area contributed by atoms with Gasteiger partial charge in [-0.2, -0.15) is 47.9 Å². The number of hydrogen-bond donors (Lipinski definition) is 0. The smallest absolute Gasteiger partial charge is 0.399 e. The lowest BCUT2D eigenvalue weighted by Crippen LogP contribution is -2.63. The van der Waals surface area contributed by atoms with Crippen molar-refractivity contribution >= 4 is 66.1 Å². The van der Waals surface area contributed by atoms with Crippen LogP contribution in [0.5, 0.6) is 5.75 Å². The fourth-order valence-corrected chi connectivity index (χ4v) is 22.2. The molecular formula is C122H82BF9N2O5S. The van der Waals surface area contributed by atoms with E-state index in [0.29, 0.717) is 16.5 Å². The Morgan fingerprint density at radius 3 is 0.950 bits per heavy atom. The molecule has 682 valence electrons. The third-order valence-electron chi connectivity index (χ3n) is 28.8. The summed E-state index contributed by atoms with van der Waals surface area (Å²) in [6.07, 6.45) is -7.20. The average molecular weight is 1870 g/mol. The molecule has 2 spiro atoms. The van der Waals surface area contributed by atoms with Crippen molar-refractivity contribution in [3.05, 3.63) is 469 Å². The van der Waals surface area contributed by atoms with E-state index >= 15 is 0 Å². The number of alkyl halides is 9. The second-order valence-electron chi connectivity index (χ2n) is 37.2. The number of para-hydroxylation sites is 2. The van der Waals surface area contributed by atoms with Crippen LogP contribution in [-0.4, -0.2) is 60.0 Å². The van der Waals surface area contributed by atoms with Gasteiger partial charge in [0.25, 0.3) is 0 Å². The van der Waals surface area contributed by atoms with E-state index in [9.17, 15) is 47.9 Å². The lowest BCUT2D eigenvalue weighted by atomic mass is 9.70. The van der Waals surface area contributed by atoms with Crippen LogP contribution in [-0.2, 0) is 30.3 Å². The molecule has 1 saturated heterocycles. The topological polar surface area (TPSA) is 87.6 Å². The first kappa shape index (κ1) is 88.4. The maximum atomic E-state index is 14.4. The fourth-order valence-electron chi connectivity index (χ4n) is 21.3. The summed E-state index contributed by atoms with van der Waals surface area (Å²) in [5.74, 6) is -15.8. The molecule has 4 aliphatic carbocycles. The average Bonchev–Trinajstić information content (AvgIpc) is 1.50. The summed E-state index contributed by atoms with van der Waals surface area (Å²) >= 11 is 0. The van der Waals surface area contributed by atoms with Crippen molar-refractivity contribution in [2.45, 2.75) is 73.0 Å². The number of pyridine rings is 2. The van der Waals surface area contributed by atoms with Crippen LogP contribution in [0.25, 0.3) is 166 Å². The van der Waals surface area contributed by atoms with Gasteiger partial charge < -0.3 is 13.5 Å². The van der Waals surface area contributed by atoms with E-state index in [0.717, 1.165) is 112 Å². The van der Waals surface area contributed by atoms with Crippen molar-refractivity contribution in [1.29, 1.82) is 0 Å². The predicted octanol–water partition coefficient (Wildman–Crippen LogP) is 31.3.